The van der Waals surface area contributed by atoms with Crippen molar-refractivity contribution in [1.29, 1.82) is 0 Å². The fourth-order valence-corrected chi connectivity index (χ4v) is 14.6. The van der Waals surface area contributed by atoms with Crippen molar-refractivity contribution < 1.29 is 76.1 Å². The number of ether oxygens (including phenoxy) is 10. The maximum Gasteiger partial charge on any atom is 0.230 e. The molecule has 0 aliphatic heterocycles. The number of methoxy groups -OCH3 is 10. The quantitative estimate of drug-likeness (QED) is 0.0252. The zero-order valence-corrected chi connectivity index (χ0v) is 76.8. The molecule has 0 unspecified atom stereocenters. The molecular formula is C93H92N16O16S5. The molecule has 10 aromatic carbocycles. The number of nitrogens with one attached hydrogen (secondary N) is 5. The summed E-state index contributed by atoms with van der Waals surface area (Å²) in [6.07, 6.45) is 2.24. The Kier molecular flexibility index (Phi) is 37.9. The number of nitrogens with zero attached hydrogens (tertiary/aromatic N) is 11. The van der Waals surface area contributed by atoms with Gasteiger partial charge in [0.25, 0.3) is 0 Å². The van der Waals surface area contributed by atoms with Gasteiger partial charge < -0.3 is 78.9 Å². The third kappa shape index (κ3) is 30.0. The average Bonchev–Trinajstić information content (AvgIpc) is 1.65. The molecule has 0 saturated heterocycles. The Labute approximate surface area is 770 Å². The molecule has 5 N–H and O–H groups in total. The Hall–Kier alpha value is -15.2. The number of benzene rings is 10. The highest BCUT2D eigenvalue weighted by atomic mass is 32.1. The van der Waals surface area contributed by atoms with Crippen LogP contribution in [-0.2, 0) is 60.9 Å². The van der Waals surface area contributed by atoms with Crippen molar-refractivity contribution in [3.8, 4) is 114 Å². The predicted octanol–water partition coefficient (Wildman–Crippen LogP) is 16.7. The summed E-state index contributed by atoms with van der Waals surface area (Å²) in [5, 5.41) is 16.2. The van der Waals surface area contributed by atoms with Gasteiger partial charge in [-0.25, -0.2) is 0 Å². The van der Waals surface area contributed by atoms with Crippen LogP contribution < -0.4 is 74.0 Å². The zero-order chi connectivity index (χ0) is 92.5. The van der Waals surface area contributed by atoms with Crippen molar-refractivity contribution in [2.45, 2.75) is 32.1 Å². The Balaban J connectivity index is 0.000000167. The fourth-order valence-electron chi connectivity index (χ4n) is 11.6. The smallest absolute Gasteiger partial charge is 0.230 e. The van der Waals surface area contributed by atoms with E-state index in [1.165, 1.54) is 4.90 Å². The fraction of sp³-hybridized carbons (Fsp3) is 0.183. The number of hydrogen-bond donors (Lipinski definition) is 5. The molecule has 0 bridgehead atoms. The molecule has 15 aromatic rings. The number of hydrogen-bond acceptors (Lipinski definition) is 31. The maximum absolute atomic E-state index is 12.1. The third-order valence-electron chi connectivity index (χ3n) is 17.8. The summed E-state index contributed by atoms with van der Waals surface area (Å²) in [5.74, 6) is 8.22. The molecule has 0 spiro atoms. The van der Waals surface area contributed by atoms with Gasteiger partial charge in [0.15, 0.2) is 86.6 Å². The molecule has 670 valence electrons. The average molecular weight is 1850 g/mol. The minimum atomic E-state index is -0.124. The van der Waals surface area contributed by atoms with Crippen LogP contribution in [0.15, 0.2) is 243 Å². The number of rotatable bonds is 31. The van der Waals surface area contributed by atoms with Crippen LogP contribution in [0, 0.1) is 0 Å². The summed E-state index contributed by atoms with van der Waals surface area (Å²) in [6, 6.07) is 75.0. The molecule has 15 rings (SSSR count). The van der Waals surface area contributed by atoms with Crippen LogP contribution in [-0.4, -0.2) is 173 Å². The molecule has 0 atom stereocenters. The first-order valence-corrected chi connectivity index (χ1v) is 43.2. The summed E-state index contributed by atoms with van der Waals surface area (Å²) >= 11 is 5.71. The van der Waals surface area contributed by atoms with Gasteiger partial charge in [-0.2, -0.15) is 46.8 Å². The Morgan fingerprint density at radius 1 is 0.254 bits per heavy atom. The van der Waals surface area contributed by atoms with E-state index in [2.05, 4.69) is 73.4 Å². The molecule has 37 heteroatoms. The van der Waals surface area contributed by atoms with Gasteiger partial charge in [0, 0.05) is 99.6 Å². The first-order valence-electron chi connectivity index (χ1n) is 39.3. The number of carbonyl (C=O) groups is 6. The Morgan fingerprint density at radius 3 is 0.546 bits per heavy atom. The Bertz CT molecular complexity index is 5290. The molecule has 5 aromatic heterocycles. The second-order valence-corrected chi connectivity index (χ2v) is 30.8. The molecule has 0 aliphatic rings. The minimum Gasteiger partial charge on any atom is -0.493 e. The topological polar surface area (TPSA) is 387 Å². The second-order valence-electron chi connectivity index (χ2n) is 27.1. The van der Waals surface area contributed by atoms with Gasteiger partial charge in [0.1, 0.15) is 0 Å². The van der Waals surface area contributed by atoms with Crippen molar-refractivity contribution in [1.82, 2.24) is 51.7 Å². The van der Waals surface area contributed by atoms with E-state index in [9.17, 15) is 28.8 Å². The van der Waals surface area contributed by atoms with E-state index in [0.29, 0.717) is 144 Å². The van der Waals surface area contributed by atoms with E-state index in [4.69, 9.17) is 47.4 Å². The van der Waals surface area contributed by atoms with Crippen molar-refractivity contribution >= 4 is 119 Å². The van der Waals surface area contributed by atoms with Crippen molar-refractivity contribution in [3.05, 3.63) is 270 Å². The van der Waals surface area contributed by atoms with Crippen molar-refractivity contribution in [3.63, 3.8) is 0 Å². The van der Waals surface area contributed by atoms with Gasteiger partial charge in [-0.3, -0.25) is 28.8 Å². The maximum atomic E-state index is 12.1. The van der Waals surface area contributed by atoms with Gasteiger partial charge >= 0.3 is 0 Å². The molecule has 0 saturated carbocycles. The summed E-state index contributed by atoms with van der Waals surface area (Å²) in [5.41, 5.74) is 8.69. The molecule has 0 radical (unpaired) electrons. The van der Waals surface area contributed by atoms with Crippen LogP contribution in [0.5, 0.6) is 57.5 Å². The summed E-state index contributed by atoms with van der Waals surface area (Å²) in [7, 11) is 19.2. The molecule has 6 amide bonds. The van der Waals surface area contributed by atoms with E-state index in [0.717, 1.165) is 120 Å². The normalized spacial score (nSPS) is 10.2. The lowest BCUT2D eigenvalue weighted by molar-refractivity contribution is -0.116. The summed E-state index contributed by atoms with van der Waals surface area (Å²) < 4.78 is 74.0. The van der Waals surface area contributed by atoms with Crippen molar-refractivity contribution in [2.75, 3.05) is 112 Å². The van der Waals surface area contributed by atoms with E-state index < -0.39 is 0 Å². The van der Waals surface area contributed by atoms with Gasteiger partial charge in [-0.05, 0) is 119 Å². The minimum absolute atomic E-state index is 0.124. The first kappa shape index (κ1) is 97.0. The summed E-state index contributed by atoms with van der Waals surface area (Å²) in [6.45, 7) is 0. The summed E-state index contributed by atoms with van der Waals surface area (Å²) in [4.78, 5) is 93.2. The van der Waals surface area contributed by atoms with Crippen LogP contribution in [0.25, 0.3) is 56.9 Å². The van der Waals surface area contributed by atoms with Gasteiger partial charge in [-0.15, -0.1) is 0 Å². The predicted molar refractivity (Wildman–Crippen MR) is 506 cm³/mol. The van der Waals surface area contributed by atoms with Crippen LogP contribution in [0.3, 0.4) is 0 Å². The largest absolute Gasteiger partial charge is 0.493 e. The van der Waals surface area contributed by atoms with E-state index in [-0.39, 0.29) is 29.5 Å². The van der Waals surface area contributed by atoms with Crippen LogP contribution in [0.1, 0.15) is 27.8 Å². The van der Waals surface area contributed by atoms with Gasteiger partial charge in [0.05, 0.1) is 103 Å². The lowest BCUT2D eigenvalue weighted by atomic mass is 10.1. The van der Waals surface area contributed by atoms with Crippen molar-refractivity contribution in [2.24, 2.45) is 0 Å². The first-order chi connectivity index (χ1) is 63.2. The van der Waals surface area contributed by atoms with Crippen LogP contribution in [0.2, 0.25) is 0 Å². The number of aromatic nitrogens is 10. The molecular weight excluding hydrogens is 1760 g/mol. The SMILES string of the molecule is CN(C)C=O.COc1ccc(-c2nsc(NC(=O)Cc3ccccc3)n2)cc1OC.COc1ccc(-c2nsc(NC(=O)Cc3ccccc3)n2)cc1OC.COc1ccc(-c2nsc(NC(=O)Cc3ccccc3)n2)cc1OC.COc1ccc(-c2nsc(NC(=O)Cc3ccccc3)n2)cc1OC.COc1ccc(-c2nsc(NC(=O)Cc3ccccc3)n2)cc1OC. The molecule has 130 heavy (non-hydrogen) atoms. The van der Waals surface area contributed by atoms with Crippen LogP contribution in [0.4, 0.5) is 25.7 Å². The molecule has 0 aliphatic carbocycles. The molecule has 5 heterocycles. The lowest BCUT2D eigenvalue weighted by Crippen LogP contribution is -2.14. The van der Waals surface area contributed by atoms with E-state index >= 15 is 0 Å². The zero-order valence-electron chi connectivity index (χ0n) is 72.7. The molecule has 32 nitrogen and oxygen atoms in total. The highest BCUT2D eigenvalue weighted by Gasteiger charge is 2.20. The highest BCUT2D eigenvalue weighted by molar-refractivity contribution is 7.11. The van der Waals surface area contributed by atoms with Gasteiger partial charge in [0.2, 0.25) is 61.6 Å². The highest BCUT2D eigenvalue weighted by Crippen LogP contribution is 2.38. The molecule has 0 fully saturated rings. The van der Waals surface area contributed by atoms with Gasteiger partial charge in [-0.1, -0.05) is 152 Å². The monoisotopic (exact) mass is 1850 g/mol. The van der Waals surface area contributed by atoms with E-state index in [1.807, 2.05) is 182 Å². The van der Waals surface area contributed by atoms with Crippen LogP contribution >= 0.6 is 57.7 Å². The number of amides is 6. The Morgan fingerprint density at radius 2 is 0.408 bits per heavy atom. The second kappa shape index (κ2) is 50.8. The third-order valence-corrected chi connectivity index (χ3v) is 21.0. The standard InChI is InChI=1S/5C18H17N3O3S.C3H7NO/c5*1-23-14-9-8-13(11-15(14)24-2)17-20-18(25-21-17)19-16(22)10-12-6-4-3-5-7-12;1-4(2)3-5/h5*3-9,11H,10H2,1-2H3,(H,19,20,21,22);3H,1-2H3. The lowest BCUT2D eigenvalue weighted by Gasteiger charge is -2.07. The number of carbonyl (C=O) groups excluding carboxylic acids is 6. The number of anilines is 5. The van der Waals surface area contributed by atoms with E-state index in [1.54, 1.807) is 146 Å².